The summed E-state index contributed by atoms with van der Waals surface area (Å²) in [4.78, 5) is 12.4. The molecule has 1 aromatic heterocycles. The number of ether oxygens (including phenoxy) is 1. The highest BCUT2D eigenvalue weighted by Gasteiger charge is 2.26. The summed E-state index contributed by atoms with van der Waals surface area (Å²) in [5.74, 6) is 0.161. The highest BCUT2D eigenvalue weighted by molar-refractivity contribution is 5.95. The van der Waals surface area contributed by atoms with Gasteiger partial charge in [-0.1, -0.05) is 92.5 Å². The fraction of sp³-hybridized carbons (Fsp3) is 0.259. The molecule has 164 valence electrons. The van der Waals surface area contributed by atoms with E-state index in [4.69, 9.17) is 15.0 Å². The molecule has 1 heterocycles. The average molecular weight is 429 g/mol. The Bertz CT molecular complexity index is 1200. The van der Waals surface area contributed by atoms with Gasteiger partial charge in [0.1, 0.15) is 11.4 Å². The lowest BCUT2D eigenvalue weighted by atomic mass is 9.96. The lowest BCUT2D eigenvalue weighted by Gasteiger charge is -2.21. The Labute approximate surface area is 188 Å². The number of fused-ring (bicyclic) bond motifs is 1. The molecule has 2 N–H and O–H groups in total. The second-order valence-electron chi connectivity index (χ2n) is 7.93. The molecule has 0 aliphatic heterocycles. The molecule has 32 heavy (non-hydrogen) atoms. The molecular weight excluding hydrogens is 400 g/mol. The fourth-order valence-corrected chi connectivity index (χ4v) is 4.10. The van der Waals surface area contributed by atoms with Crippen LogP contribution in [0.4, 0.5) is 0 Å². The van der Waals surface area contributed by atoms with E-state index in [-0.39, 0.29) is 0 Å². The summed E-state index contributed by atoms with van der Waals surface area (Å²) in [6, 6.07) is 21.5. The van der Waals surface area contributed by atoms with E-state index in [9.17, 15) is 4.79 Å². The summed E-state index contributed by atoms with van der Waals surface area (Å²) in [6.07, 6.45) is 2.51. The van der Waals surface area contributed by atoms with Crippen molar-refractivity contribution in [3.63, 3.8) is 0 Å². The number of aromatic nitrogens is 1. The van der Waals surface area contributed by atoms with Crippen molar-refractivity contribution >= 4 is 16.9 Å². The van der Waals surface area contributed by atoms with Crippen molar-refractivity contribution < 1.29 is 14.1 Å². The Hall–Kier alpha value is -3.60. The van der Waals surface area contributed by atoms with Crippen LogP contribution in [0.25, 0.3) is 22.2 Å². The molecular formula is C27H28N2O3. The minimum atomic E-state index is -0.878. The number of rotatable bonds is 9. The van der Waals surface area contributed by atoms with E-state index in [2.05, 4.69) is 25.1 Å². The Balaban J connectivity index is 1.90. The zero-order valence-electron chi connectivity index (χ0n) is 18.5. The molecule has 1 atom stereocenters. The number of amides is 1. The molecule has 3 aromatic carbocycles. The Morgan fingerprint density at radius 3 is 2.28 bits per heavy atom. The van der Waals surface area contributed by atoms with Gasteiger partial charge in [-0.25, -0.2) is 0 Å². The largest absolute Gasteiger partial charge is 0.475 e. The first kappa shape index (κ1) is 21.6. The first-order valence-corrected chi connectivity index (χ1v) is 11.1. The lowest BCUT2D eigenvalue weighted by Crippen LogP contribution is -2.26. The Kier molecular flexibility index (Phi) is 6.55. The number of aryl methyl sites for hydroxylation is 2. The molecule has 4 aromatic rings. The number of hydrogen-bond donors (Lipinski definition) is 1. The SMILES string of the molecule is CCCc1cc2c(-c3ccccc3)noc2c(CCC)c1OC(C(N)=O)c1ccccc1. The Morgan fingerprint density at radius 1 is 1.00 bits per heavy atom. The highest BCUT2D eigenvalue weighted by Crippen LogP contribution is 2.40. The van der Waals surface area contributed by atoms with Crippen LogP contribution < -0.4 is 10.5 Å². The van der Waals surface area contributed by atoms with Gasteiger partial charge in [0.15, 0.2) is 5.58 Å². The van der Waals surface area contributed by atoms with Gasteiger partial charge >= 0.3 is 0 Å². The summed E-state index contributed by atoms with van der Waals surface area (Å²) in [6.45, 7) is 4.24. The van der Waals surface area contributed by atoms with Gasteiger partial charge in [-0.05, 0) is 24.5 Å². The zero-order chi connectivity index (χ0) is 22.5. The topological polar surface area (TPSA) is 78.3 Å². The quantitative estimate of drug-likeness (QED) is 0.354. The van der Waals surface area contributed by atoms with Gasteiger partial charge in [0, 0.05) is 16.7 Å². The number of nitrogens with zero attached hydrogens (tertiary/aromatic N) is 1. The number of carbonyl (C=O) groups excluding carboxylic acids is 1. The molecule has 5 nitrogen and oxygen atoms in total. The van der Waals surface area contributed by atoms with Crippen LogP contribution in [0.1, 0.15) is 49.5 Å². The molecule has 1 unspecified atom stereocenters. The highest BCUT2D eigenvalue weighted by atomic mass is 16.5. The standard InChI is InChI=1S/C27H28N2O3/c1-3-11-20-17-22-23(18-13-7-5-8-14-18)29-32-26(22)21(12-4-2)24(20)31-25(27(28)30)19-15-9-6-10-16-19/h5-10,13-17,25H,3-4,11-12H2,1-2H3,(H2,28,30). The number of hydrogen-bond acceptors (Lipinski definition) is 4. The molecule has 0 saturated carbocycles. The van der Waals surface area contributed by atoms with Crippen LogP contribution >= 0.6 is 0 Å². The summed E-state index contributed by atoms with van der Waals surface area (Å²) in [5.41, 5.74) is 11.0. The number of primary amides is 1. The second-order valence-corrected chi connectivity index (χ2v) is 7.93. The zero-order valence-corrected chi connectivity index (χ0v) is 18.5. The molecule has 0 aliphatic rings. The minimum absolute atomic E-state index is 0.524. The number of benzene rings is 3. The van der Waals surface area contributed by atoms with Crippen molar-refractivity contribution in [2.24, 2.45) is 5.73 Å². The van der Waals surface area contributed by atoms with Crippen LogP contribution in [0.3, 0.4) is 0 Å². The number of carbonyl (C=O) groups is 1. The predicted molar refractivity (Wildman–Crippen MR) is 126 cm³/mol. The van der Waals surface area contributed by atoms with E-state index >= 15 is 0 Å². The predicted octanol–water partition coefficient (Wildman–Crippen LogP) is 6.01. The first-order chi connectivity index (χ1) is 15.6. The van der Waals surface area contributed by atoms with Crippen LogP contribution in [0.15, 0.2) is 71.3 Å². The van der Waals surface area contributed by atoms with Gasteiger partial charge in [-0.2, -0.15) is 0 Å². The molecule has 0 fully saturated rings. The van der Waals surface area contributed by atoms with E-state index in [1.165, 1.54) is 0 Å². The van der Waals surface area contributed by atoms with E-state index in [1.807, 2.05) is 60.7 Å². The van der Waals surface area contributed by atoms with Crippen molar-refractivity contribution in [2.75, 3.05) is 0 Å². The van der Waals surface area contributed by atoms with E-state index in [0.29, 0.717) is 11.3 Å². The van der Waals surface area contributed by atoms with Crippen LogP contribution in [0, 0.1) is 0 Å². The third-order valence-electron chi connectivity index (χ3n) is 5.55. The maximum Gasteiger partial charge on any atom is 0.263 e. The lowest BCUT2D eigenvalue weighted by molar-refractivity contribution is -0.125. The maximum absolute atomic E-state index is 12.4. The van der Waals surface area contributed by atoms with Crippen molar-refractivity contribution in [1.29, 1.82) is 0 Å². The van der Waals surface area contributed by atoms with Crippen molar-refractivity contribution in [2.45, 2.75) is 45.6 Å². The third kappa shape index (κ3) is 4.24. The van der Waals surface area contributed by atoms with Crippen LogP contribution in [-0.2, 0) is 17.6 Å². The summed E-state index contributed by atoms with van der Waals surface area (Å²) < 4.78 is 12.3. The third-order valence-corrected chi connectivity index (χ3v) is 5.55. The van der Waals surface area contributed by atoms with E-state index < -0.39 is 12.0 Å². The second kappa shape index (κ2) is 9.69. The van der Waals surface area contributed by atoms with Gasteiger partial charge in [0.25, 0.3) is 5.91 Å². The normalized spacial score (nSPS) is 12.1. The van der Waals surface area contributed by atoms with Gasteiger partial charge < -0.3 is 15.0 Å². The molecule has 0 saturated heterocycles. The monoisotopic (exact) mass is 428 g/mol. The maximum atomic E-state index is 12.4. The van der Waals surface area contributed by atoms with Crippen LogP contribution in [0.2, 0.25) is 0 Å². The molecule has 0 radical (unpaired) electrons. The van der Waals surface area contributed by atoms with E-state index in [1.54, 1.807) is 0 Å². The van der Waals surface area contributed by atoms with Gasteiger partial charge in [0.2, 0.25) is 6.10 Å². The van der Waals surface area contributed by atoms with Crippen molar-refractivity contribution in [3.05, 3.63) is 83.4 Å². The van der Waals surface area contributed by atoms with Crippen LogP contribution in [0.5, 0.6) is 5.75 Å². The first-order valence-electron chi connectivity index (χ1n) is 11.1. The van der Waals surface area contributed by atoms with Crippen molar-refractivity contribution in [1.82, 2.24) is 5.16 Å². The fourth-order valence-electron chi connectivity index (χ4n) is 4.10. The molecule has 4 rings (SSSR count). The smallest absolute Gasteiger partial charge is 0.263 e. The minimum Gasteiger partial charge on any atom is -0.475 e. The van der Waals surface area contributed by atoms with Gasteiger partial charge in [-0.3, -0.25) is 4.79 Å². The molecule has 5 heteroatoms. The molecule has 0 aliphatic carbocycles. The van der Waals surface area contributed by atoms with Crippen LogP contribution in [-0.4, -0.2) is 11.1 Å². The number of nitrogens with two attached hydrogens (primary N) is 1. The summed E-state index contributed by atoms with van der Waals surface area (Å²) in [7, 11) is 0. The molecule has 0 spiro atoms. The molecule has 1 amide bonds. The molecule has 0 bridgehead atoms. The van der Waals surface area contributed by atoms with E-state index in [0.717, 1.165) is 59.0 Å². The summed E-state index contributed by atoms with van der Waals surface area (Å²) in [5, 5.41) is 5.36. The summed E-state index contributed by atoms with van der Waals surface area (Å²) >= 11 is 0. The van der Waals surface area contributed by atoms with Gasteiger partial charge in [-0.15, -0.1) is 0 Å². The Morgan fingerprint density at radius 2 is 1.66 bits per heavy atom. The average Bonchev–Trinajstić information content (AvgIpc) is 3.23. The van der Waals surface area contributed by atoms with Gasteiger partial charge in [0.05, 0.1) is 5.39 Å². The van der Waals surface area contributed by atoms with Crippen molar-refractivity contribution in [3.8, 4) is 17.0 Å².